The Kier molecular flexibility index (Phi) is 8.11. The van der Waals surface area contributed by atoms with E-state index in [1.165, 1.54) is 5.56 Å². The molecule has 1 fully saturated rings. The topological polar surface area (TPSA) is 120 Å². The van der Waals surface area contributed by atoms with E-state index in [-0.39, 0.29) is 5.91 Å². The molecule has 1 aromatic carbocycles. The smallest absolute Gasteiger partial charge is 0.414 e. The number of aliphatic carboxylic acids is 2. The molecule has 1 aliphatic rings. The van der Waals surface area contributed by atoms with Crippen molar-refractivity contribution in [2.24, 2.45) is 0 Å². The third-order valence-corrected chi connectivity index (χ3v) is 4.32. The molecule has 0 atom stereocenters. The fourth-order valence-corrected chi connectivity index (χ4v) is 2.77. The van der Waals surface area contributed by atoms with E-state index in [9.17, 15) is 4.79 Å². The number of pyridine rings is 1. The molecule has 1 aliphatic heterocycles. The molecule has 1 amide bonds. The molecule has 3 rings (SSSR count). The molecule has 0 aliphatic carbocycles. The number of carbonyl (C=O) groups is 3. The van der Waals surface area contributed by atoms with Crippen molar-refractivity contribution < 1.29 is 29.3 Å². The monoisotopic (exact) mass is 401 g/mol. The van der Waals surface area contributed by atoms with Crippen molar-refractivity contribution in [3.05, 3.63) is 59.9 Å². The highest BCUT2D eigenvalue weighted by Gasteiger charge is 2.22. The second kappa shape index (κ2) is 10.8. The van der Waals surface area contributed by atoms with Crippen molar-refractivity contribution in [3.63, 3.8) is 0 Å². The van der Waals surface area contributed by atoms with Gasteiger partial charge in [-0.15, -0.1) is 0 Å². The highest BCUT2D eigenvalue weighted by Crippen LogP contribution is 2.15. The van der Waals surface area contributed by atoms with Gasteiger partial charge in [0, 0.05) is 45.1 Å². The minimum atomic E-state index is -1.82. The van der Waals surface area contributed by atoms with Crippen LogP contribution in [0.15, 0.2) is 48.8 Å². The molecule has 0 saturated carbocycles. The lowest BCUT2D eigenvalue weighted by atomic mass is 10.1. The Morgan fingerprint density at radius 3 is 2.10 bits per heavy atom. The number of piperazine rings is 1. The fourth-order valence-electron chi connectivity index (χ4n) is 2.77. The van der Waals surface area contributed by atoms with Gasteiger partial charge in [-0.3, -0.25) is 14.7 Å². The van der Waals surface area contributed by atoms with E-state index in [0.29, 0.717) is 5.56 Å². The lowest BCUT2D eigenvalue weighted by Crippen LogP contribution is -2.48. The molecular weight excluding hydrogens is 378 g/mol. The summed E-state index contributed by atoms with van der Waals surface area (Å²) in [7, 11) is 1.67. The standard InChI is InChI=1S/C18H21N3O2.C2H2O4/c1-23-17-6-4-15(5-7-17)14-20-9-11-21(12-10-20)18(22)16-3-2-8-19-13-16;3-1(4)2(5)6/h2-8,13H,9-12,14H2,1H3;(H,3,4)(H,5,6). The number of aromatic nitrogens is 1. The minimum Gasteiger partial charge on any atom is -0.497 e. The second-order valence-corrected chi connectivity index (χ2v) is 6.27. The summed E-state index contributed by atoms with van der Waals surface area (Å²) in [6.45, 7) is 4.18. The van der Waals surface area contributed by atoms with Crippen LogP contribution in [0.5, 0.6) is 5.75 Å². The van der Waals surface area contributed by atoms with E-state index >= 15 is 0 Å². The number of rotatable bonds is 4. The average Bonchev–Trinajstić information content (AvgIpc) is 2.75. The molecule has 29 heavy (non-hydrogen) atoms. The molecule has 2 aromatic rings. The Morgan fingerprint density at radius 2 is 1.62 bits per heavy atom. The third kappa shape index (κ3) is 6.89. The summed E-state index contributed by atoms with van der Waals surface area (Å²) in [5.41, 5.74) is 1.92. The Bertz CT molecular complexity index is 806. The van der Waals surface area contributed by atoms with Gasteiger partial charge in [-0.1, -0.05) is 12.1 Å². The van der Waals surface area contributed by atoms with E-state index in [0.717, 1.165) is 38.5 Å². The molecule has 2 heterocycles. The second-order valence-electron chi connectivity index (χ2n) is 6.27. The molecule has 1 saturated heterocycles. The molecule has 154 valence electrons. The van der Waals surface area contributed by atoms with Crippen LogP contribution in [0.1, 0.15) is 15.9 Å². The van der Waals surface area contributed by atoms with Crippen LogP contribution in [0.3, 0.4) is 0 Å². The van der Waals surface area contributed by atoms with Gasteiger partial charge in [0.1, 0.15) is 5.75 Å². The van der Waals surface area contributed by atoms with Gasteiger partial charge in [-0.25, -0.2) is 9.59 Å². The lowest BCUT2D eigenvalue weighted by Gasteiger charge is -2.34. The van der Waals surface area contributed by atoms with Crippen molar-refractivity contribution in [3.8, 4) is 5.75 Å². The molecule has 0 spiro atoms. The van der Waals surface area contributed by atoms with E-state index in [1.807, 2.05) is 23.1 Å². The van der Waals surface area contributed by atoms with E-state index in [1.54, 1.807) is 25.6 Å². The first-order valence-electron chi connectivity index (χ1n) is 8.91. The number of amides is 1. The first-order valence-corrected chi connectivity index (χ1v) is 8.91. The van der Waals surface area contributed by atoms with Gasteiger partial charge in [-0.05, 0) is 29.8 Å². The third-order valence-electron chi connectivity index (χ3n) is 4.32. The summed E-state index contributed by atoms with van der Waals surface area (Å²) in [4.78, 5) is 38.9. The Balaban J connectivity index is 0.000000438. The predicted molar refractivity (Wildman–Crippen MR) is 104 cm³/mol. The molecule has 9 heteroatoms. The lowest BCUT2D eigenvalue weighted by molar-refractivity contribution is -0.159. The summed E-state index contributed by atoms with van der Waals surface area (Å²) in [6.07, 6.45) is 3.32. The van der Waals surface area contributed by atoms with Crippen molar-refractivity contribution in [1.29, 1.82) is 0 Å². The number of methoxy groups -OCH3 is 1. The van der Waals surface area contributed by atoms with Crippen molar-refractivity contribution in [2.45, 2.75) is 6.54 Å². The van der Waals surface area contributed by atoms with Crippen LogP contribution < -0.4 is 4.74 Å². The maximum absolute atomic E-state index is 12.4. The molecule has 0 unspecified atom stereocenters. The fraction of sp³-hybridized carbons (Fsp3) is 0.300. The molecule has 0 bridgehead atoms. The highest BCUT2D eigenvalue weighted by molar-refractivity contribution is 6.27. The largest absolute Gasteiger partial charge is 0.497 e. The Morgan fingerprint density at radius 1 is 1.00 bits per heavy atom. The first kappa shape index (κ1) is 21.8. The van der Waals surface area contributed by atoms with E-state index < -0.39 is 11.9 Å². The van der Waals surface area contributed by atoms with Gasteiger partial charge in [0.2, 0.25) is 0 Å². The zero-order valence-corrected chi connectivity index (χ0v) is 16.0. The van der Waals surface area contributed by atoms with Crippen molar-refractivity contribution >= 4 is 17.8 Å². The zero-order valence-electron chi connectivity index (χ0n) is 16.0. The number of carbonyl (C=O) groups excluding carboxylic acids is 1. The number of carboxylic acids is 2. The van der Waals surface area contributed by atoms with Crippen LogP contribution in [0.2, 0.25) is 0 Å². The number of ether oxygens (including phenoxy) is 1. The number of nitrogens with zero attached hydrogens (tertiary/aromatic N) is 3. The average molecular weight is 401 g/mol. The molecule has 9 nitrogen and oxygen atoms in total. The molecule has 0 radical (unpaired) electrons. The summed E-state index contributed by atoms with van der Waals surface area (Å²) in [5, 5.41) is 14.8. The van der Waals surface area contributed by atoms with Crippen LogP contribution in [0.4, 0.5) is 0 Å². The minimum absolute atomic E-state index is 0.0715. The molecular formula is C20H23N3O6. The first-order chi connectivity index (χ1) is 13.9. The van der Waals surface area contributed by atoms with Crippen molar-refractivity contribution in [1.82, 2.24) is 14.8 Å². The maximum atomic E-state index is 12.4. The molecule has 1 aromatic heterocycles. The van der Waals surface area contributed by atoms with Crippen LogP contribution in [-0.4, -0.2) is 76.1 Å². The highest BCUT2D eigenvalue weighted by atomic mass is 16.5. The van der Waals surface area contributed by atoms with Gasteiger partial charge >= 0.3 is 11.9 Å². The molecule has 2 N–H and O–H groups in total. The van der Waals surface area contributed by atoms with E-state index in [2.05, 4.69) is 22.0 Å². The number of benzene rings is 1. The van der Waals surface area contributed by atoms with Crippen LogP contribution >= 0.6 is 0 Å². The van der Waals surface area contributed by atoms with E-state index in [4.69, 9.17) is 24.5 Å². The van der Waals surface area contributed by atoms with Gasteiger partial charge in [0.05, 0.1) is 12.7 Å². The van der Waals surface area contributed by atoms with Gasteiger partial charge < -0.3 is 19.8 Å². The summed E-state index contributed by atoms with van der Waals surface area (Å²) < 4.78 is 5.18. The maximum Gasteiger partial charge on any atom is 0.414 e. The Hall–Kier alpha value is -3.46. The normalized spacial score (nSPS) is 13.8. The quantitative estimate of drug-likeness (QED) is 0.734. The summed E-state index contributed by atoms with van der Waals surface area (Å²) >= 11 is 0. The summed E-state index contributed by atoms with van der Waals surface area (Å²) in [5.74, 6) is -2.70. The number of hydrogen-bond donors (Lipinski definition) is 2. The van der Waals surface area contributed by atoms with Gasteiger partial charge in [-0.2, -0.15) is 0 Å². The van der Waals surface area contributed by atoms with Crippen molar-refractivity contribution in [2.75, 3.05) is 33.3 Å². The van der Waals surface area contributed by atoms with Gasteiger partial charge in [0.25, 0.3) is 5.91 Å². The predicted octanol–water partition coefficient (Wildman–Crippen LogP) is 1.20. The number of carboxylic acid groups (broad SMARTS) is 2. The SMILES string of the molecule is COc1ccc(CN2CCN(C(=O)c3cccnc3)CC2)cc1.O=C(O)C(=O)O. The van der Waals surface area contributed by atoms with Crippen LogP contribution in [-0.2, 0) is 16.1 Å². The number of hydrogen-bond acceptors (Lipinski definition) is 6. The zero-order chi connectivity index (χ0) is 21.2. The summed E-state index contributed by atoms with van der Waals surface area (Å²) in [6, 6.07) is 11.8. The van der Waals surface area contributed by atoms with Gasteiger partial charge in [0.15, 0.2) is 0 Å². The Labute approximate surface area is 168 Å². The van der Waals surface area contributed by atoms with Crippen LogP contribution in [0.25, 0.3) is 0 Å². The van der Waals surface area contributed by atoms with Crippen LogP contribution in [0, 0.1) is 0 Å².